The Hall–Kier alpha value is -1.16. The normalized spacial score (nSPS) is 20.0. The van der Waals surface area contributed by atoms with Crippen molar-refractivity contribution < 1.29 is 0 Å². The molecule has 4 nitrogen and oxygen atoms in total. The minimum Gasteiger partial charge on any atom is -0.338 e. The molecule has 0 bridgehead atoms. The third kappa shape index (κ3) is 3.73. The number of nitrogens with one attached hydrogen (secondary N) is 1. The minimum absolute atomic E-state index is 0.463. The Morgan fingerprint density at radius 1 is 1.19 bits per heavy atom. The van der Waals surface area contributed by atoms with Crippen molar-refractivity contribution in [2.75, 3.05) is 24.5 Å². The summed E-state index contributed by atoms with van der Waals surface area (Å²) in [6.45, 7) is 9.96. The average molecular weight is 288 g/mol. The van der Waals surface area contributed by atoms with Crippen LogP contribution in [0.5, 0.6) is 0 Å². The van der Waals surface area contributed by atoms with Crippen LogP contribution in [0.4, 0.5) is 5.95 Å². The van der Waals surface area contributed by atoms with Gasteiger partial charge in [-0.1, -0.05) is 13.8 Å². The molecule has 1 saturated heterocycles. The van der Waals surface area contributed by atoms with Crippen molar-refractivity contribution in [3.63, 3.8) is 0 Å². The second-order valence-corrected chi connectivity index (χ2v) is 6.97. The highest BCUT2D eigenvalue weighted by molar-refractivity contribution is 5.36. The van der Waals surface area contributed by atoms with E-state index in [9.17, 15) is 0 Å². The molecule has 1 aromatic rings. The number of rotatable bonds is 5. The lowest BCUT2D eigenvalue weighted by molar-refractivity contribution is 0.371. The number of piperidine rings is 1. The van der Waals surface area contributed by atoms with Crippen LogP contribution in [0.15, 0.2) is 6.07 Å². The third-order valence-corrected chi connectivity index (χ3v) is 4.61. The summed E-state index contributed by atoms with van der Waals surface area (Å²) < 4.78 is 0. The van der Waals surface area contributed by atoms with Crippen LogP contribution >= 0.6 is 0 Å². The highest BCUT2D eigenvalue weighted by Crippen LogP contribution is 2.32. The van der Waals surface area contributed by atoms with Gasteiger partial charge >= 0.3 is 0 Å². The summed E-state index contributed by atoms with van der Waals surface area (Å²) in [6.07, 6.45) is 5.18. The van der Waals surface area contributed by atoms with Gasteiger partial charge in [0.15, 0.2) is 0 Å². The van der Waals surface area contributed by atoms with Crippen molar-refractivity contribution in [2.45, 2.75) is 58.4 Å². The van der Waals surface area contributed by atoms with E-state index in [4.69, 9.17) is 9.97 Å². The molecule has 0 atom stereocenters. The van der Waals surface area contributed by atoms with Crippen LogP contribution in [0.25, 0.3) is 0 Å². The fraction of sp³-hybridized carbons (Fsp3) is 0.765. The van der Waals surface area contributed by atoms with Crippen molar-refractivity contribution in [2.24, 2.45) is 5.92 Å². The Kier molecular flexibility index (Phi) is 4.43. The molecule has 2 fully saturated rings. The van der Waals surface area contributed by atoms with Gasteiger partial charge in [-0.05, 0) is 63.6 Å². The first-order valence-corrected chi connectivity index (χ1v) is 8.46. The Morgan fingerprint density at radius 2 is 1.90 bits per heavy atom. The number of aromatic nitrogens is 2. The molecule has 1 saturated carbocycles. The molecule has 116 valence electrons. The predicted molar refractivity (Wildman–Crippen MR) is 86.8 cm³/mol. The van der Waals surface area contributed by atoms with E-state index in [0.29, 0.717) is 12.0 Å². The molecule has 4 heteroatoms. The molecule has 3 rings (SSSR count). The topological polar surface area (TPSA) is 41.1 Å². The van der Waals surface area contributed by atoms with Gasteiger partial charge in [-0.15, -0.1) is 0 Å². The maximum absolute atomic E-state index is 4.86. The summed E-state index contributed by atoms with van der Waals surface area (Å²) in [7, 11) is 0. The van der Waals surface area contributed by atoms with Gasteiger partial charge < -0.3 is 10.2 Å². The Morgan fingerprint density at radius 3 is 2.52 bits per heavy atom. The second kappa shape index (κ2) is 6.30. The molecular weight excluding hydrogens is 260 g/mol. The lowest BCUT2D eigenvalue weighted by atomic mass is 9.97. The summed E-state index contributed by atoms with van der Waals surface area (Å²) in [5.41, 5.74) is 2.27. The zero-order valence-corrected chi connectivity index (χ0v) is 13.6. The fourth-order valence-electron chi connectivity index (χ4n) is 3.12. The molecule has 21 heavy (non-hydrogen) atoms. The molecule has 1 aliphatic heterocycles. The highest BCUT2D eigenvalue weighted by Gasteiger charge is 2.33. The average Bonchev–Trinajstić information content (AvgIpc) is 3.29. The first kappa shape index (κ1) is 14.8. The number of nitrogens with zero attached hydrogens (tertiary/aromatic N) is 3. The van der Waals surface area contributed by atoms with Crippen molar-refractivity contribution in [1.29, 1.82) is 0 Å². The second-order valence-electron chi connectivity index (χ2n) is 6.97. The number of hydrogen-bond donors (Lipinski definition) is 1. The van der Waals surface area contributed by atoms with Gasteiger partial charge in [0.05, 0.1) is 0 Å². The van der Waals surface area contributed by atoms with Crippen LogP contribution in [0.2, 0.25) is 0 Å². The van der Waals surface area contributed by atoms with E-state index < -0.39 is 0 Å². The van der Waals surface area contributed by atoms with Crippen LogP contribution in [0.1, 0.15) is 56.8 Å². The first-order chi connectivity index (χ1) is 10.1. The number of anilines is 1. The number of hydrogen-bond acceptors (Lipinski definition) is 4. The van der Waals surface area contributed by atoms with Gasteiger partial charge in [-0.3, -0.25) is 0 Å². The maximum Gasteiger partial charge on any atom is 0.226 e. The van der Waals surface area contributed by atoms with Gasteiger partial charge in [0, 0.05) is 24.0 Å². The maximum atomic E-state index is 4.86. The molecule has 0 unspecified atom stereocenters. The lowest BCUT2D eigenvalue weighted by Gasteiger charge is -2.30. The molecule has 1 aromatic heterocycles. The van der Waals surface area contributed by atoms with Gasteiger partial charge in [-0.2, -0.15) is 0 Å². The molecule has 0 radical (unpaired) electrons. The van der Waals surface area contributed by atoms with E-state index >= 15 is 0 Å². The van der Waals surface area contributed by atoms with E-state index in [1.165, 1.54) is 31.4 Å². The predicted octanol–water partition coefficient (Wildman–Crippen LogP) is 2.88. The smallest absolute Gasteiger partial charge is 0.226 e. The van der Waals surface area contributed by atoms with Crippen molar-refractivity contribution >= 4 is 5.95 Å². The Bertz CT molecular complexity index is 476. The first-order valence-electron chi connectivity index (χ1n) is 8.46. The Balaban J connectivity index is 1.79. The third-order valence-electron chi connectivity index (χ3n) is 4.61. The van der Waals surface area contributed by atoms with Crippen LogP contribution in [-0.4, -0.2) is 35.6 Å². The molecular formula is C17H28N4. The molecule has 0 aromatic carbocycles. The van der Waals surface area contributed by atoms with Gasteiger partial charge in [0.25, 0.3) is 0 Å². The zero-order valence-electron chi connectivity index (χ0n) is 13.6. The summed E-state index contributed by atoms with van der Waals surface area (Å²) in [6, 6.07) is 2.81. The van der Waals surface area contributed by atoms with E-state index in [0.717, 1.165) is 37.2 Å². The molecule has 2 heterocycles. The fourth-order valence-corrected chi connectivity index (χ4v) is 3.12. The van der Waals surface area contributed by atoms with E-state index in [1.54, 1.807) is 0 Å². The van der Waals surface area contributed by atoms with Crippen LogP contribution in [0, 0.1) is 12.8 Å². The van der Waals surface area contributed by atoms with E-state index in [-0.39, 0.29) is 0 Å². The summed E-state index contributed by atoms with van der Waals surface area (Å²) in [5.74, 6) is 2.23. The minimum atomic E-state index is 0.463. The molecule has 1 aliphatic carbocycles. The number of aryl methyl sites for hydroxylation is 1. The van der Waals surface area contributed by atoms with Crippen LogP contribution in [0.3, 0.4) is 0 Å². The molecule has 2 aliphatic rings. The summed E-state index contributed by atoms with van der Waals surface area (Å²) in [4.78, 5) is 12.1. The highest BCUT2D eigenvalue weighted by atomic mass is 15.3. The van der Waals surface area contributed by atoms with E-state index in [2.05, 4.69) is 37.1 Å². The lowest BCUT2D eigenvalue weighted by Crippen LogP contribution is -2.38. The van der Waals surface area contributed by atoms with Crippen molar-refractivity contribution in [3.05, 3.63) is 17.5 Å². The molecule has 1 N–H and O–H groups in total. The zero-order chi connectivity index (χ0) is 14.8. The van der Waals surface area contributed by atoms with Crippen LogP contribution in [-0.2, 0) is 0 Å². The Labute approximate surface area is 128 Å². The molecule has 0 amide bonds. The van der Waals surface area contributed by atoms with Crippen molar-refractivity contribution in [3.8, 4) is 0 Å². The SMILES string of the molecule is Cc1cc(C(C)C)nc(N(CC2CCNCC2)C2CC2)n1. The largest absolute Gasteiger partial charge is 0.338 e. The van der Waals surface area contributed by atoms with Gasteiger partial charge in [0.1, 0.15) is 0 Å². The van der Waals surface area contributed by atoms with E-state index in [1.807, 2.05) is 0 Å². The van der Waals surface area contributed by atoms with Gasteiger partial charge in [-0.25, -0.2) is 9.97 Å². The summed E-state index contributed by atoms with van der Waals surface area (Å²) in [5, 5.41) is 3.46. The summed E-state index contributed by atoms with van der Waals surface area (Å²) >= 11 is 0. The van der Waals surface area contributed by atoms with Crippen molar-refractivity contribution in [1.82, 2.24) is 15.3 Å². The van der Waals surface area contributed by atoms with Gasteiger partial charge in [0.2, 0.25) is 5.95 Å². The quantitative estimate of drug-likeness (QED) is 0.904. The van der Waals surface area contributed by atoms with Crippen LogP contribution < -0.4 is 10.2 Å². The monoisotopic (exact) mass is 288 g/mol. The standard InChI is InChI=1S/C17H28N4/c1-12(2)16-10-13(3)19-17(20-16)21(15-4-5-15)11-14-6-8-18-9-7-14/h10,12,14-15,18H,4-9,11H2,1-3H3. The molecule has 0 spiro atoms.